The van der Waals surface area contributed by atoms with Gasteiger partial charge in [0.25, 0.3) is 5.91 Å². The first-order valence-electron chi connectivity index (χ1n) is 21.9. The zero-order chi connectivity index (χ0) is 44.0. The second-order valence-corrected chi connectivity index (χ2v) is 17.3. The minimum atomic E-state index is -0.846. The van der Waals surface area contributed by atoms with Gasteiger partial charge in [0.05, 0.1) is 49.3 Å². The summed E-state index contributed by atoms with van der Waals surface area (Å²) in [4.78, 5) is 81.2. The van der Waals surface area contributed by atoms with Crippen LogP contribution in [0.1, 0.15) is 99.5 Å². The van der Waals surface area contributed by atoms with E-state index in [-0.39, 0.29) is 59.8 Å². The molecule has 1 aromatic carbocycles. The Morgan fingerprint density at radius 3 is 2.08 bits per heavy atom. The lowest BCUT2D eigenvalue weighted by Crippen LogP contribution is -2.60. The lowest BCUT2D eigenvalue weighted by atomic mass is 9.89. The monoisotopic (exact) mass is 829 g/mol. The Morgan fingerprint density at radius 2 is 1.54 bits per heavy atom. The van der Waals surface area contributed by atoms with Crippen LogP contribution in [0.4, 0.5) is 0 Å². The van der Waals surface area contributed by atoms with Gasteiger partial charge in [-0.05, 0) is 62.6 Å². The number of hydrogen-bond donors (Lipinski definition) is 2. The van der Waals surface area contributed by atoms with Crippen molar-refractivity contribution in [1.82, 2.24) is 30.4 Å². The summed E-state index contributed by atoms with van der Waals surface area (Å²) in [5.74, 6) is -2.09. The summed E-state index contributed by atoms with van der Waals surface area (Å²) in [6.45, 7) is 17.8. The first kappa shape index (κ1) is 49.8. The van der Waals surface area contributed by atoms with E-state index in [0.29, 0.717) is 39.1 Å². The summed E-state index contributed by atoms with van der Waals surface area (Å²) in [7, 11) is 6.76. The lowest BCUT2D eigenvalue weighted by Gasteiger charge is -2.41. The number of ether oxygens (including phenoxy) is 2. The van der Waals surface area contributed by atoms with E-state index in [1.807, 2.05) is 90.7 Å². The molecule has 0 aromatic heterocycles. The van der Waals surface area contributed by atoms with Crippen LogP contribution in [0.15, 0.2) is 30.3 Å². The fourth-order valence-electron chi connectivity index (χ4n) is 8.78. The molecule has 2 aliphatic heterocycles. The number of likely N-dealkylation sites (N-methyl/N-ethyl adjacent to an activating group) is 2. The number of amides is 5. The van der Waals surface area contributed by atoms with Crippen molar-refractivity contribution in [1.29, 1.82) is 0 Å². The van der Waals surface area contributed by atoms with E-state index in [1.54, 1.807) is 38.0 Å². The normalized spacial score (nSPS) is 20.1. The van der Waals surface area contributed by atoms with Gasteiger partial charge in [-0.25, -0.2) is 5.06 Å². The van der Waals surface area contributed by atoms with Gasteiger partial charge >= 0.3 is 0 Å². The molecule has 1 aromatic rings. The van der Waals surface area contributed by atoms with Crippen molar-refractivity contribution in [2.75, 3.05) is 54.6 Å². The first-order chi connectivity index (χ1) is 28.0. The van der Waals surface area contributed by atoms with Crippen LogP contribution < -0.4 is 10.6 Å². The van der Waals surface area contributed by atoms with Crippen molar-refractivity contribution in [3.05, 3.63) is 35.9 Å². The van der Waals surface area contributed by atoms with Crippen LogP contribution in [0.3, 0.4) is 0 Å². The van der Waals surface area contributed by atoms with Crippen LogP contribution in [-0.4, -0.2) is 146 Å². The Kier molecular flexibility index (Phi) is 20.2. The van der Waals surface area contributed by atoms with Crippen molar-refractivity contribution in [3.63, 3.8) is 0 Å². The minimum absolute atomic E-state index is 0.00947. The third-order valence-corrected chi connectivity index (χ3v) is 12.5. The molecule has 0 radical (unpaired) electrons. The van der Waals surface area contributed by atoms with E-state index in [9.17, 15) is 24.0 Å². The second kappa shape index (κ2) is 24.0. The zero-order valence-electron chi connectivity index (χ0n) is 38.1. The molecule has 59 heavy (non-hydrogen) atoms. The number of rotatable bonds is 22. The number of hydroxylamine groups is 2. The standard InChI is InChI=1S/C45H76N6O8/c1-13-31(7)40(49(10)45(56)38(29(3)4)47-43(54)39(30(5)6)48(9)14-2)36(57-11)28-37(52)50-24-20-23-35(50)41(58-12)32(8)42(53)46-34(27-33-21-16-15-17-22-33)44(55)51-25-18-19-26-59-51/h15-17,21-22,29-32,34-36,38-41H,13-14,18-20,23-28H2,1-12H3,(H,46,53)(H,47,54)/t31-,32+,34-,35-,36+,38-,39-,40-,41+/m0/s1. The van der Waals surface area contributed by atoms with E-state index >= 15 is 0 Å². The van der Waals surface area contributed by atoms with Crippen LogP contribution in [-0.2, 0) is 44.7 Å². The van der Waals surface area contributed by atoms with Crippen molar-refractivity contribution < 1.29 is 38.3 Å². The van der Waals surface area contributed by atoms with E-state index in [0.717, 1.165) is 31.2 Å². The number of nitrogens with zero attached hydrogens (tertiary/aromatic N) is 4. The Labute approximate surface area is 354 Å². The van der Waals surface area contributed by atoms with E-state index in [1.165, 1.54) is 5.06 Å². The molecule has 2 fully saturated rings. The van der Waals surface area contributed by atoms with Crippen LogP contribution in [0.25, 0.3) is 0 Å². The van der Waals surface area contributed by atoms with Gasteiger partial charge < -0.3 is 29.9 Å². The second-order valence-electron chi connectivity index (χ2n) is 17.3. The van der Waals surface area contributed by atoms with E-state index in [2.05, 4.69) is 10.6 Å². The highest BCUT2D eigenvalue weighted by atomic mass is 16.7. The molecule has 2 N–H and O–H groups in total. The summed E-state index contributed by atoms with van der Waals surface area (Å²) in [5.41, 5.74) is 0.909. The maximum atomic E-state index is 14.4. The third-order valence-electron chi connectivity index (χ3n) is 12.5. The molecule has 14 nitrogen and oxygen atoms in total. The predicted octanol–water partition coefficient (Wildman–Crippen LogP) is 4.31. The lowest BCUT2D eigenvalue weighted by molar-refractivity contribution is -0.199. The fourth-order valence-corrected chi connectivity index (χ4v) is 8.78. The number of carbonyl (C=O) groups is 5. The smallest absolute Gasteiger partial charge is 0.269 e. The average Bonchev–Trinajstić information content (AvgIpc) is 3.71. The molecule has 9 atom stereocenters. The van der Waals surface area contributed by atoms with E-state index < -0.39 is 42.3 Å². The molecule has 0 aliphatic carbocycles. The SMILES string of the molecule is CC[C@H](C)[C@@H]([C@@H](CC(=O)N1CCC[C@H]1[C@H](OC)[C@@H](C)C(=O)N[C@@H](Cc1ccccc1)C(=O)N1CCCCO1)OC)N(C)C(=O)[C@@H](NC(=O)[C@H](C(C)C)N(C)CC)C(C)C. The van der Waals surface area contributed by atoms with E-state index in [4.69, 9.17) is 14.3 Å². The van der Waals surface area contributed by atoms with Gasteiger partial charge in [-0.2, -0.15) is 0 Å². The molecule has 2 heterocycles. The average molecular weight is 829 g/mol. The molecular formula is C45H76N6O8. The summed E-state index contributed by atoms with van der Waals surface area (Å²) in [6.07, 6.45) is 2.82. The highest BCUT2D eigenvalue weighted by Gasteiger charge is 2.44. The Morgan fingerprint density at radius 1 is 0.864 bits per heavy atom. The summed E-state index contributed by atoms with van der Waals surface area (Å²) in [6, 6.07) is 6.70. The molecule has 334 valence electrons. The van der Waals surface area contributed by atoms with Crippen molar-refractivity contribution in [2.45, 2.75) is 143 Å². The first-order valence-corrected chi connectivity index (χ1v) is 21.9. The molecule has 3 rings (SSSR count). The zero-order valence-corrected chi connectivity index (χ0v) is 38.1. The Balaban J connectivity index is 1.80. The Hall–Kier alpha value is -3.59. The highest BCUT2D eigenvalue weighted by molar-refractivity contribution is 5.90. The van der Waals surface area contributed by atoms with Crippen LogP contribution in [0.2, 0.25) is 0 Å². The molecular weight excluding hydrogens is 753 g/mol. The van der Waals surface area contributed by atoms with Gasteiger partial charge in [-0.3, -0.25) is 33.7 Å². The maximum Gasteiger partial charge on any atom is 0.269 e. The van der Waals surface area contributed by atoms with Crippen LogP contribution >= 0.6 is 0 Å². The molecule has 0 unspecified atom stereocenters. The number of benzene rings is 1. The summed E-state index contributed by atoms with van der Waals surface area (Å²) in [5, 5.41) is 7.45. The number of carbonyl (C=O) groups excluding carboxylic acids is 5. The fraction of sp³-hybridized carbons (Fsp3) is 0.756. The van der Waals surface area contributed by atoms with Crippen molar-refractivity contribution in [3.8, 4) is 0 Å². The van der Waals surface area contributed by atoms with Gasteiger partial charge in [0, 0.05) is 40.8 Å². The molecule has 0 saturated carbocycles. The number of likely N-dealkylation sites (tertiary alicyclic amines) is 1. The maximum absolute atomic E-state index is 14.4. The third kappa shape index (κ3) is 13.2. The number of nitrogens with one attached hydrogen (secondary N) is 2. The predicted molar refractivity (Wildman–Crippen MR) is 229 cm³/mol. The van der Waals surface area contributed by atoms with Crippen molar-refractivity contribution in [2.24, 2.45) is 23.7 Å². The molecule has 0 spiro atoms. The number of methoxy groups -OCH3 is 2. The Bertz CT molecular complexity index is 1490. The quantitative estimate of drug-likeness (QED) is 0.175. The summed E-state index contributed by atoms with van der Waals surface area (Å²) < 4.78 is 12.1. The highest BCUT2D eigenvalue weighted by Crippen LogP contribution is 2.30. The van der Waals surface area contributed by atoms with Gasteiger partial charge in [-0.15, -0.1) is 0 Å². The van der Waals surface area contributed by atoms with Crippen LogP contribution in [0, 0.1) is 23.7 Å². The summed E-state index contributed by atoms with van der Waals surface area (Å²) >= 11 is 0. The minimum Gasteiger partial charge on any atom is -0.379 e. The van der Waals surface area contributed by atoms with Crippen LogP contribution in [0.5, 0.6) is 0 Å². The van der Waals surface area contributed by atoms with Gasteiger partial charge in [0.15, 0.2) is 0 Å². The largest absolute Gasteiger partial charge is 0.379 e. The molecule has 2 aliphatic rings. The molecule has 14 heteroatoms. The molecule has 2 saturated heterocycles. The molecule has 5 amide bonds. The van der Waals surface area contributed by atoms with Gasteiger partial charge in [0.2, 0.25) is 23.6 Å². The van der Waals surface area contributed by atoms with Gasteiger partial charge in [-0.1, -0.05) is 92.1 Å². The topological polar surface area (TPSA) is 150 Å². The van der Waals surface area contributed by atoms with Gasteiger partial charge in [0.1, 0.15) is 12.1 Å². The molecule has 0 bridgehead atoms. The van der Waals surface area contributed by atoms with Crippen molar-refractivity contribution >= 4 is 29.5 Å². The number of hydrogen-bond acceptors (Lipinski definition) is 9.